The van der Waals surface area contributed by atoms with Crippen LogP contribution in [0, 0.1) is 23.7 Å². The number of methoxy groups -OCH3 is 1. The van der Waals surface area contributed by atoms with Crippen molar-refractivity contribution in [3.05, 3.63) is 11.6 Å². The number of aliphatic hydroxyl groups excluding tert-OH is 3. The van der Waals surface area contributed by atoms with Gasteiger partial charge < -0.3 is 29.6 Å². The second kappa shape index (κ2) is 18.5. The highest BCUT2D eigenvalue weighted by molar-refractivity contribution is 5.91. The Labute approximate surface area is 228 Å². The first-order valence-electron chi connectivity index (χ1n) is 14.0. The first-order chi connectivity index (χ1) is 18.0. The topological polar surface area (TPSA) is 135 Å². The van der Waals surface area contributed by atoms with Crippen LogP contribution in [0.1, 0.15) is 86.0 Å². The minimum absolute atomic E-state index is 0.0502. The van der Waals surface area contributed by atoms with Crippen molar-refractivity contribution in [1.82, 2.24) is 0 Å². The van der Waals surface area contributed by atoms with Gasteiger partial charge in [0.05, 0.1) is 17.9 Å². The zero-order valence-corrected chi connectivity index (χ0v) is 24.1. The normalized spacial score (nSPS) is 23.7. The van der Waals surface area contributed by atoms with E-state index in [4.69, 9.17) is 14.3 Å². The van der Waals surface area contributed by atoms with Crippen LogP contribution in [-0.2, 0) is 23.9 Å². The summed E-state index contributed by atoms with van der Waals surface area (Å²) in [7, 11) is 1.49. The monoisotopic (exact) mass is 541 g/mol. The summed E-state index contributed by atoms with van der Waals surface area (Å²) in [6.45, 7) is 10.0. The number of hydrogen-bond donors (Lipinski definition) is 3. The van der Waals surface area contributed by atoms with Gasteiger partial charge in [-0.25, -0.2) is 0 Å². The molecule has 3 N–H and O–H groups in total. The van der Waals surface area contributed by atoms with E-state index in [9.17, 15) is 24.9 Å². The first kappa shape index (κ1) is 34.2. The van der Waals surface area contributed by atoms with Gasteiger partial charge in [0.25, 0.3) is 6.47 Å². The average molecular weight is 542 g/mol. The van der Waals surface area contributed by atoms with Crippen LogP contribution in [0.5, 0.6) is 0 Å². The molecule has 38 heavy (non-hydrogen) atoms. The van der Waals surface area contributed by atoms with Gasteiger partial charge in [0, 0.05) is 25.4 Å². The number of oxime groups is 1. The molecule has 9 heteroatoms. The SMILES string of the molecule is CO[C@@H](/C(=N/OCC=O)[C@H](C)CC(C)C)[C@H](O)/C(C)=C/[C@@H](C)[C@H](O)C[C@@H](CCC1CCC(O)CC1)OC=O. The summed E-state index contributed by atoms with van der Waals surface area (Å²) in [4.78, 5) is 26.9. The van der Waals surface area contributed by atoms with E-state index in [2.05, 4.69) is 19.0 Å². The van der Waals surface area contributed by atoms with Crippen molar-refractivity contribution in [2.45, 2.75) is 117 Å². The molecular weight excluding hydrogens is 490 g/mol. The third-order valence-corrected chi connectivity index (χ3v) is 7.54. The number of carbonyl (C=O) groups excluding carboxylic acids is 2. The highest BCUT2D eigenvalue weighted by Gasteiger charge is 2.31. The third kappa shape index (κ3) is 12.4. The number of aliphatic hydroxyl groups is 3. The van der Waals surface area contributed by atoms with Crippen molar-refractivity contribution in [2.75, 3.05) is 13.7 Å². The maximum atomic E-state index is 11.2. The van der Waals surface area contributed by atoms with Gasteiger partial charge >= 0.3 is 0 Å². The van der Waals surface area contributed by atoms with Crippen molar-refractivity contribution < 1.29 is 39.2 Å². The van der Waals surface area contributed by atoms with Crippen molar-refractivity contribution in [3.8, 4) is 0 Å². The van der Waals surface area contributed by atoms with Crippen molar-refractivity contribution in [3.63, 3.8) is 0 Å². The fraction of sp³-hybridized carbons (Fsp3) is 0.828. The van der Waals surface area contributed by atoms with Crippen LogP contribution < -0.4 is 0 Å². The highest BCUT2D eigenvalue weighted by Crippen LogP contribution is 2.30. The highest BCUT2D eigenvalue weighted by atomic mass is 16.6. The van der Waals surface area contributed by atoms with Gasteiger partial charge in [-0.3, -0.25) is 9.59 Å². The van der Waals surface area contributed by atoms with Crippen LogP contribution in [0.3, 0.4) is 0 Å². The summed E-state index contributed by atoms with van der Waals surface area (Å²) in [5.74, 6) is 0.516. The third-order valence-electron chi connectivity index (χ3n) is 7.54. The lowest BCUT2D eigenvalue weighted by Crippen LogP contribution is -2.40. The molecule has 6 atom stereocenters. The Morgan fingerprint density at radius 2 is 1.71 bits per heavy atom. The maximum Gasteiger partial charge on any atom is 0.293 e. The molecule has 1 rings (SSSR count). The van der Waals surface area contributed by atoms with E-state index >= 15 is 0 Å². The predicted molar refractivity (Wildman–Crippen MR) is 147 cm³/mol. The van der Waals surface area contributed by atoms with Gasteiger partial charge in [0.15, 0.2) is 12.9 Å². The van der Waals surface area contributed by atoms with Crippen LogP contribution >= 0.6 is 0 Å². The smallest absolute Gasteiger partial charge is 0.293 e. The molecule has 0 aromatic carbocycles. The molecule has 0 heterocycles. The number of ether oxygens (including phenoxy) is 2. The Kier molecular flexibility index (Phi) is 16.6. The number of nitrogens with zero attached hydrogens (tertiary/aromatic N) is 1. The number of rotatable bonds is 19. The second-order valence-corrected chi connectivity index (χ2v) is 11.3. The standard InChI is InChI=1S/C29H51NO8/c1-19(2)15-21(4)27(30-38-14-13-31)29(36-6)28(35)22(5)16-20(3)26(34)17-25(37-18-32)12-9-23-7-10-24(33)11-8-23/h13,16,18-21,23-26,28-29,33-35H,7-12,14-15,17H2,1-6H3/b22-16+,30-27+/t20-,21-,23?,24?,25-,26-,28-,29+/m1/s1. The van der Waals surface area contributed by atoms with Gasteiger partial charge in [-0.2, -0.15) is 0 Å². The Morgan fingerprint density at radius 3 is 2.26 bits per heavy atom. The lowest BCUT2D eigenvalue weighted by atomic mass is 9.83. The van der Waals surface area contributed by atoms with E-state index in [1.165, 1.54) is 7.11 Å². The van der Waals surface area contributed by atoms with Crippen molar-refractivity contribution in [1.29, 1.82) is 0 Å². The van der Waals surface area contributed by atoms with Crippen molar-refractivity contribution in [2.24, 2.45) is 28.8 Å². The Hall–Kier alpha value is -1.81. The first-order valence-corrected chi connectivity index (χ1v) is 14.0. The molecule has 1 aliphatic rings. The summed E-state index contributed by atoms with van der Waals surface area (Å²) in [5, 5.41) is 35.9. The summed E-state index contributed by atoms with van der Waals surface area (Å²) in [6, 6.07) is 0. The number of hydrogen-bond acceptors (Lipinski definition) is 9. The van der Waals surface area contributed by atoms with E-state index in [1.54, 1.807) is 13.0 Å². The van der Waals surface area contributed by atoms with Crippen molar-refractivity contribution >= 4 is 18.5 Å². The largest absolute Gasteiger partial charge is 0.464 e. The van der Waals surface area contributed by atoms with Gasteiger partial charge in [-0.05, 0) is 69.3 Å². The van der Waals surface area contributed by atoms with Gasteiger partial charge in [-0.1, -0.05) is 38.9 Å². The summed E-state index contributed by atoms with van der Waals surface area (Å²) in [5.41, 5.74) is 1.13. The molecule has 0 radical (unpaired) electrons. The molecule has 0 aromatic heterocycles. The van der Waals surface area contributed by atoms with E-state index in [1.807, 2.05) is 13.8 Å². The minimum atomic E-state index is -1.04. The van der Waals surface area contributed by atoms with E-state index in [0.29, 0.717) is 48.7 Å². The quantitative estimate of drug-likeness (QED) is 0.0738. The maximum absolute atomic E-state index is 11.2. The molecule has 0 unspecified atom stereocenters. The lowest BCUT2D eigenvalue weighted by Gasteiger charge is -2.29. The Morgan fingerprint density at radius 1 is 1.05 bits per heavy atom. The van der Waals surface area contributed by atoms with Crippen LogP contribution in [0.25, 0.3) is 0 Å². The molecule has 9 nitrogen and oxygen atoms in total. The molecule has 1 fully saturated rings. The molecule has 0 aromatic rings. The Balaban J connectivity index is 2.87. The van der Waals surface area contributed by atoms with Crippen LogP contribution in [0.15, 0.2) is 16.8 Å². The summed E-state index contributed by atoms with van der Waals surface area (Å²) >= 11 is 0. The fourth-order valence-corrected chi connectivity index (χ4v) is 5.33. The predicted octanol–water partition coefficient (Wildman–Crippen LogP) is 3.82. The van der Waals surface area contributed by atoms with Gasteiger partial charge in [0.1, 0.15) is 18.3 Å². The average Bonchev–Trinajstić information content (AvgIpc) is 2.87. The zero-order chi connectivity index (χ0) is 28.7. The molecule has 0 amide bonds. The minimum Gasteiger partial charge on any atom is -0.464 e. The Bertz CT molecular complexity index is 732. The van der Waals surface area contributed by atoms with E-state index < -0.39 is 24.4 Å². The fourth-order valence-electron chi connectivity index (χ4n) is 5.33. The van der Waals surface area contributed by atoms with Gasteiger partial charge in [0.2, 0.25) is 0 Å². The molecule has 0 saturated heterocycles. The molecule has 1 saturated carbocycles. The molecule has 220 valence electrons. The molecule has 0 bridgehead atoms. The number of carbonyl (C=O) groups is 2. The summed E-state index contributed by atoms with van der Waals surface area (Å²) < 4.78 is 10.9. The molecule has 0 aliphatic heterocycles. The second-order valence-electron chi connectivity index (χ2n) is 11.3. The van der Waals surface area contributed by atoms with Gasteiger partial charge in [-0.15, -0.1) is 0 Å². The van der Waals surface area contributed by atoms with Crippen LogP contribution in [-0.4, -0.2) is 78.0 Å². The lowest BCUT2D eigenvalue weighted by molar-refractivity contribution is -0.135. The van der Waals surface area contributed by atoms with Crippen LogP contribution in [0.2, 0.25) is 0 Å². The molecule has 0 spiro atoms. The van der Waals surface area contributed by atoms with E-state index in [-0.39, 0.29) is 24.5 Å². The zero-order valence-electron chi connectivity index (χ0n) is 24.1. The molecular formula is C29H51NO8. The molecule has 1 aliphatic carbocycles. The summed E-state index contributed by atoms with van der Waals surface area (Å²) in [6.07, 6.45) is 5.42. The number of aldehydes is 1. The van der Waals surface area contributed by atoms with E-state index in [0.717, 1.165) is 38.5 Å². The van der Waals surface area contributed by atoms with Crippen LogP contribution in [0.4, 0.5) is 0 Å².